The fourth-order valence-corrected chi connectivity index (χ4v) is 3.64. The van der Waals surface area contributed by atoms with E-state index >= 15 is 0 Å². The zero-order chi connectivity index (χ0) is 22.0. The van der Waals surface area contributed by atoms with Crippen LogP contribution in [0.25, 0.3) is 5.78 Å². The van der Waals surface area contributed by atoms with E-state index in [0.717, 1.165) is 36.4 Å². The van der Waals surface area contributed by atoms with Gasteiger partial charge in [-0.25, -0.2) is 13.9 Å². The van der Waals surface area contributed by atoms with Gasteiger partial charge in [0.25, 0.3) is 5.78 Å². The van der Waals surface area contributed by atoms with Crippen LogP contribution in [-0.2, 0) is 11.3 Å². The Labute approximate surface area is 179 Å². The maximum Gasteiger partial charge on any atom is 0.352 e. The van der Waals surface area contributed by atoms with Crippen LogP contribution in [0.5, 0.6) is 11.5 Å². The smallest absolute Gasteiger partial charge is 0.352 e. The minimum atomic E-state index is -0.418. The quantitative estimate of drug-likeness (QED) is 0.641. The first-order valence-corrected chi connectivity index (χ1v) is 10.2. The largest absolute Gasteiger partial charge is 0.497 e. The van der Waals surface area contributed by atoms with Crippen molar-refractivity contribution < 1.29 is 14.3 Å². The van der Waals surface area contributed by atoms with Crippen LogP contribution in [0.1, 0.15) is 19.8 Å². The molecule has 31 heavy (non-hydrogen) atoms. The number of piperidine rings is 1. The molecule has 1 N–H and O–H groups in total. The first-order chi connectivity index (χ1) is 15.0. The SMILES string of the molecule is COc1ccc(NC(=O)Cn2nc3nc(N4CCC(C)CC4)ccn3c2=O)c(OC)c1. The van der Waals surface area contributed by atoms with Gasteiger partial charge in [0.15, 0.2) is 0 Å². The van der Waals surface area contributed by atoms with Crippen molar-refractivity contribution in [2.75, 3.05) is 37.5 Å². The fraction of sp³-hybridized carbons (Fsp3) is 0.429. The first-order valence-electron chi connectivity index (χ1n) is 10.2. The Kier molecular flexibility index (Phi) is 5.79. The van der Waals surface area contributed by atoms with Gasteiger partial charge in [-0.3, -0.25) is 4.79 Å². The molecule has 164 valence electrons. The lowest BCUT2D eigenvalue weighted by Gasteiger charge is -2.30. The second kappa shape index (κ2) is 8.66. The number of hydrogen-bond acceptors (Lipinski definition) is 7. The molecular weight excluding hydrogens is 400 g/mol. The van der Waals surface area contributed by atoms with Gasteiger partial charge in [-0.05, 0) is 37.0 Å². The van der Waals surface area contributed by atoms with Gasteiger partial charge in [-0.2, -0.15) is 4.98 Å². The Bertz CT molecular complexity index is 1150. The third-order valence-electron chi connectivity index (χ3n) is 5.52. The molecule has 0 bridgehead atoms. The highest BCUT2D eigenvalue weighted by molar-refractivity contribution is 5.92. The highest BCUT2D eigenvalue weighted by Crippen LogP contribution is 2.29. The second-order valence-electron chi connectivity index (χ2n) is 7.68. The number of carbonyl (C=O) groups excluding carboxylic acids is 1. The predicted molar refractivity (Wildman–Crippen MR) is 116 cm³/mol. The molecule has 3 aromatic rings. The topological polar surface area (TPSA) is 103 Å². The average Bonchev–Trinajstić information content (AvgIpc) is 3.09. The summed E-state index contributed by atoms with van der Waals surface area (Å²) < 4.78 is 12.9. The van der Waals surface area contributed by atoms with Crippen molar-refractivity contribution in [2.45, 2.75) is 26.3 Å². The molecule has 1 fully saturated rings. The van der Waals surface area contributed by atoms with Crippen LogP contribution in [0.2, 0.25) is 0 Å². The van der Waals surface area contributed by atoms with Gasteiger partial charge in [0.2, 0.25) is 5.91 Å². The number of aromatic nitrogens is 4. The van der Waals surface area contributed by atoms with E-state index in [1.807, 2.05) is 6.07 Å². The number of nitrogens with one attached hydrogen (secondary N) is 1. The Morgan fingerprint density at radius 1 is 1.19 bits per heavy atom. The molecule has 10 heteroatoms. The van der Waals surface area contributed by atoms with E-state index < -0.39 is 11.6 Å². The molecule has 3 heterocycles. The summed E-state index contributed by atoms with van der Waals surface area (Å²) in [6.07, 6.45) is 3.89. The molecule has 0 aliphatic carbocycles. The van der Waals surface area contributed by atoms with E-state index in [1.54, 1.807) is 31.5 Å². The molecule has 0 saturated carbocycles. The predicted octanol–water partition coefficient (Wildman–Crippen LogP) is 1.78. The molecule has 10 nitrogen and oxygen atoms in total. The standard InChI is InChI=1S/C21H26N6O4/c1-14-6-9-25(10-7-14)18-8-11-26-20(23-18)24-27(21(26)29)13-19(28)22-16-5-4-15(30-2)12-17(16)31-3/h4-5,8,11-12,14H,6-7,9-10,13H2,1-3H3,(H,22,28). The van der Waals surface area contributed by atoms with Crippen LogP contribution in [0, 0.1) is 5.92 Å². The fourth-order valence-electron chi connectivity index (χ4n) is 3.64. The zero-order valence-corrected chi connectivity index (χ0v) is 17.9. The third-order valence-corrected chi connectivity index (χ3v) is 5.52. The summed E-state index contributed by atoms with van der Waals surface area (Å²) in [5.41, 5.74) is 0.0583. The van der Waals surface area contributed by atoms with Crippen molar-refractivity contribution in [3.05, 3.63) is 40.9 Å². The third kappa shape index (κ3) is 4.32. The van der Waals surface area contributed by atoms with Crippen molar-refractivity contribution in [1.29, 1.82) is 0 Å². The number of amides is 1. The Morgan fingerprint density at radius 2 is 1.97 bits per heavy atom. The van der Waals surface area contributed by atoms with Crippen LogP contribution in [0.4, 0.5) is 11.5 Å². The molecule has 1 saturated heterocycles. The van der Waals surface area contributed by atoms with Gasteiger partial charge in [-0.1, -0.05) is 6.92 Å². The molecule has 0 radical (unpaired) electrons. The summed E-state index contributed by atoms with van der Waals surface area (Å²) in [6, 6.07) is 6.87. The molecule has 1 aromatic carbocycles. The Balaban J connectivity index is 1.51. The summed E-state index contributed by atoms with van der Waals surface area (Å²) in [5, 5.41) is 6.99. The maximum atomic E-state index is 12.6. The number of rotatable bonds is 6. The number of carbonyl (C=O) groups is 1. The van der Waals surface area contributed by atoms with Gasteiger partial charge in [0.05, 0.1) is 19.9 Å². The van der Waals surface area contributed by atoms with Crippen molar-refractivity contribution in [1.82, 2.24) is 19.2 Å². The number of ether oxygens (including phenoxy) is 2. The van der Waals surface area contributed by atoms with Crippen LogP contribution >= 0.6 is 0 Å². The molecule has 1 aliphatic rings. The van der Waals surface area contributed by atoms with Crippen molar-refractivity contribution >= 4 is 23.2 Å². The van der Waals surface area contributed by atoms with Gasteiger partial charge in [0.1, 0.15) is 23.9 Å². The second-order valence-corrected chi connectivity index (χ2v) is 7.68. The summed E-state index contributed by atoms with van der Waals surface area (Å²) in [6.45, 7) is 3.87. The molecule has 0 spiro atoms. The monoisotopic (exact) mass is 426 g/mol. The lowest BCUT2D eigenvalue weighted by atomic mass is 9.99. The van der Waals surface area contributed by atoms with Crippen LogP contribution in [-0.4, -0.2) is 52.4 Å². The van der Waals surface area contributed by atoms with E-state index in [2.05, 4.69) is 27.2 Å². The van der Waals surface area contributed by atoms with Crippen LogP contribution in [0.3, 0.4) is 0 Å². The summed E-state index contributed by atoms with van der Waals surface area (Å²) in [5.74, 6) is 2.44. The van der Waals surface area contributed by atoms with Gasteiger partial charge in [0, 0.05) is 25.4 Å². The van der Waals surface area contributed by atoms with Crippen LogP contribution in [0.15, 0.2) is 35.3 Å². The van der Waals surface area contributed by atoms with Crippen LogP contribution < -0.4 is 25.4 Å². The number of fused-ring (bicyclic) bond motifs is 1. The lowest BCUT2D eigenvalue weighted by molar-refractivity contribution is -0.117. The number of benzene rings is 1. The van der Waals surface area contributed by atoms with Crippen molar-refractivity contribution in [3.63, 3.8) is 0 Å². The Morgan fingerprint density at radius 3 is 2.68 bits per heavy atom. The molecule has 2 aromatic heterocycles. The van der Waals surface area contributed by atoms with Gasteiger partial charge >= 0.3 is 5.69 Å². The highest BCUT2D eigenvalue weighted by Gasteiger charge is 2.19. The average molecular weight is 426 g/mol. The zero-order valence-electron chi connectivity index (χ0n) is 17.9. The minimum Gasteiger partial charge on any atom is -0.497 e. The number of anilines is 2. The molecule has 1 aliphatic heterocycles. The molecule has 0 unspecified atom stereocenters. The van der Waals surface area contributed by atoms with Gasteiger partial charge in [-0.15, -0.1) is 5.10 Å². The molecular formula is C21H26N6O4. The summed E-state index contributed by atoms with van der Waals surface area (Å²) >= 11 is 0. The lowest BCUT2D eigenvalue weighted by Crippen LogP contribution is -2.33. The minimum absolute atomic E-state index is 0.242. The van der Waals surface area contributed by atoms with Gasteiger partial charge < -0.3 is 19.7 Å². The Hall–Kier alpha value is -3.56. The number of hydrogen-bond donors (Lipinski definition) is 1. The first kappa shape index (κ1) is 20.7. The summed E-state index contributed by atoms with van der Waals surface area (Å²) in [4.78, 5) is 31.9. The number of nitrogens with zero attached hydrogens (tertiary/aromatic N) is 5. The highest BCUT2D eigenvalue weighted by atomic mass is 16.5. The van der Waals surface area contributed by atoms with E-state index in [0.29, 0.717) is 23.1 Å². The summed E-state index contributed by atoms with van der Waals surface area (Å²) in [7, 11) is 3.05. The maximum absolute atomic E-state index is 12.6. The molecule has 1 amide bonds. The van der Waals surface area contributed by atoms with E-state index in [9.17, 15) is 9.59 Å². The van der Waals surface area contributed by atoms with E-state index in [1.165, 1.54) is 11.5 Å². The molecule has 4 rings (SSSR count). The normalized spacial score (nSPS) is 14.6. The molecule has 0 atom stereocenters. The van der Waals surface area contributed by atoms with Crippen molar-refractivity contribution in [3.8, 4) is 11.5 Å². The van der Waals surface area contributed by atoms with E-state index in [4.69, 9.17) is 9.47 Å². The number of methoxy groups -OCH3 is 2. The van der Waals surface area contributed by atoms with Crippen molar-refractivity contribution in [2.24, 2.45) is 5.92 Å². The van der Waals surface area contributed by atoms with E-state index in [-0.39, 0.29) is 12.3 Å².